The van der Waals surface area contributed by atoms with Crippen molar-refractivity contribution in [3.05, 3.63) is 46.6 Å². The Hall–Kier alpha value is -2.25. The molecule has 5 heteroatoms. The second-order valence-electron chi connectivity index (χ2n) is 3.98. The molecule has 0 aliphatic rings. The van der Waals surface area contributed by atoms with E-state index in [4.69, 9.17) is 21.6 Å². The van der Waals surface area contributed by atoms with Gasteiger partial charge in [0.25, 0.3) is 0 Å². The van der Waals surface area contributed by atoms with Gasteiger partial charge in [-0.3, -0.25) is 0 Å². The average molecular weight is 274 g/mol. The van der Waals surface area contributed by atoms with E-state index in [1.165, 1.54) is 6.07 Å². The first-order valence-electron chi connectivity index (χ1n) is 5.61. The van der Waals surface area contributed by atoms with E-state index in [1.807, 2.05) is 31.2 Å². The molecule has 1 aromatic carbocycles. The molecule has 0 amide bonds. The lowest BCUT2D eigenvalue weighted by atomic mass is 10.2. The molecule has 0 aliphatic carbocycles. The molecular formula is C14H12ClN3O. The van der Waals surface area contributed by atoms with Crippen molar-refractivity contribution in [2.24, 2.45) is 0 Å². The number of anilines is 2. The lowest BCUT2D eigenvalue weighted by Gasteiger charge is -2.10. The summed E-state index contributed by atoms with van der Waals surface area (Å²) in [6.45, 7) is 1.96. The molecule has 2 aromatic rings. The van der Waals surface area contributed by atoms with Gasteiger partial charge in [-0.25, -0.2) is 4.98 Å². The zero-order valence-corrected chi connectivity index (χ0v) is 11.3. The van der Waals surface area contributed by atoms with Gasteiger partial charge in [0, 0.05) is 5.69 Å². The van der Waals surface area contributed by atoms with E-state index in [0.29, 0.717) is 11.4 Å². The van der Waals surface area contributed by atoms with Crippen LogP contribution in [0.3, 0.4) is 0 Å². The standard InChI is InChI=1S/C14H12ClN3O/c1-9-5-11(19-2)3-4-12(9)17-14-7-10(8-16)6-13(15)18-14/h3-7H,1-2H3,(H,17,18). The van der Waals surface area contributed by atoms with Crippen molar-refractivity contribution in [1.82, 2.24) is 4.98 Å². The Balaban J connectivity index is 2.31. The van der Waals surface area contributed by atoms with E-state index in [9.17, 15) is 0 Å². The van der Waals surface area contributed by atoms with Crippen LogP contribution in [0.1, 0.15) is 11.1 Å². The number of pyridine rings is 1. The number of nitriles is 1. The third-order valence-electron chi connectivity index (χ3n) is 2.62. The highest BCUT2D eigenvalue weighted by Crippen LogP contribution is 2.25. The summed E-state index contributed by atoms with van der Waals surface area (Å²) in [6, 6.07) is 10.9. The minimum atomic E-state index is 0.285. The largest absolute Gasteiger partial charge is 0.497 e. The van der Waals surface area contributed by atoms with E-state index in [0.717, 1.165) is 17.0 Å². The lowest BCUT2D eigenvalue weighted by molar-refractivity contribution is 0.414. The number of ether oxygens (including phenoxy) is 1. The van der Waals surface area contributed by atoms with Gasteiger partial charge < -0.3 is 10.1 Å². The van der Waals surface area contributed by atoms with E-state index in [1.54, 1.807) is 13.2 Å². The molecule has 1 aromatic heterocycles. The van der Waals surface area contributed by atoms with Crippen LogP contribution in [0.15, 0.2) is 30.3 Å². The number of halogens is 1. The second-order valence-corrected chi connectivity index (χ2v) is 4.37. The van der Waals surface area contributed by atoms with Gasteiger partial charge in [0.15, 0.2) is 0 Å². The highest BCUT2D eigenvalue weighted by atomic mass is 35.5. The quantitative estimate of drug-likeness (QED) is 0.867. The van der Waals surface area contributed by atoms with Gasteiger partial charge in [-0.05, 0) is 42.8 Å². The summed E-state index contributed by atoms with van der Waals surface area (Å²) in [7, 11) is 1.62. The zero-order valence-electron chi connectivity index (χ0n) is 10.6. The van der Waals surface area contributed by atoms with Gasteiger partial charge in [-0.1, -0.05) is 11.6 Å². The molecule has 96 valence electrons. The number of nitrogens with zero attached hydrogens (tertiary/aromatic N) is 2. The number of aryl methyl sites for hydroxylation is 1. The van der Waals surface area contributed by atoms with Crippen molar-refractivity contribution < 1.29 is 4.74 Å². The molecule has 19 heavy (non-hydrogen) atoms. The smallest absolute Gasteiger partial charge is 0.133 e. The highest BCUT2D eigenvalue weighted by Gasteiger charge is 2.04. The fourth-order valence-electron chi connectivity index (χ4n) is 1.67. The lowest BCUT2D eigenvalue weighted by Crippen LogP contribution is -1.97. The molecule has 1 N–H and O–H groups in total. The summed E-state index contributed by atoms with van der Waals surface area (Å²) in [4.78, 5) is 4.13. The monoisotopic (exact) mass is 273 g/mol. The second kappa shape index (κ2) is 5.59. The fraction of sp³-hybridized carbons (Fsp3) is 0.143. The molecule has 0 aliphatic heterocycles. The maximum atomic E-state index is 8.89. The number of methoxy groups -OCH3 is 1. The molecule has 0 bridgehead atoms. The van der Waals surface area contributed by atoms with Gasteiger partial charge in [-0.2, -0.15) is 5.26 Å². The van der Waals surface area contributed by atoms with Gasteiger partial charge in [0.2, 0.25) is 0 Å². The normalized spacial score (nSPS) is 9.79. The summed E-state index contributed by atoms with van der Waals surface area (Å²) in [6.07, 6.45) is 0. The van der Waals surface area contributed by atoms with Gasteiger partial charge >= 0.3 is 0 Å². The predicted octanol–water partition coefficient (Wildman–Crippen LogP) is 3.67. The number of benzene rings is 1. The van der Waals surface area contributed by atoms with E-state index in [-0.39, 0.29) is 5.15 Å². The number of hydrogen-bond acceptors (Lipinski definition) is 4. The topological polar surface area (TPSA) is 57.9 Å². The summed E-state index contributed by atoms with van der Waals surface area (Å²) in [5.74, 6) is 1.33. The van der Waals surface area contributed by atoms with Gasteiger partial charge in [0.05, 0.1) is 18.7 Å². The van der Waals surface area contributed by atoms with Crippen molar-refractivity contribution in [2.45, 2.75) is 6.92 Å². The van der Waals surface area contributed by atoms with Crippen LogP contribution in [0.4, 0.5) is 11.5 Å². The van der Waals surface area contributed by atoms with Crippen molar-refractivity contribution in [2.75, 3.05) is 12.4 Å². The van der Waals surface area contributed by atoms with Crippen molar-refractivity contribution in [3.63, 3.8) is 0 Å². The summed E-state index contributed by atoms with van der Waals surface area (Å²) >= 11 is 5.86. The van der Waals surface area contributed by atoms with Crippen molar-refractivity contribution >= 4 is 23.1 Å². The van der Waals surface area contributed by atoms with Crippen molar-refractivity contribution in [1.29, 1.82) is 5.26 Å². The first-order valence-corrected chi connectivity index (χ1v) is 5.99. The Labute approximate surface area is 116 Å². The molecule has 0 spiro atoms. The Morgan fingerprint density at radius 1 is 1.32 bits per heavy atom. The Bertz CT molecular complexity index is 650. The van der Waals surface area contributed by atoms with Crippen LogP contribution < -0.4 is 10.1 Å². The fourth-order valence-corrected chi connectivity index (χ4v) is 1.88. The Morgan fingerprint density at radius 3 is 2.74 bits per heavy atom. The molecular weight excluding hydrogens is 262 g/mol. The van der Waals surface area contributed by atoms with Gasteiger partial charge in [0.1, 0.15) is 16.7 Å². The van der Waals surface area contributed by atoms with Crippen LogP contribution in [0, 0.1) is 18.3 Å². The summed E-state index contributed by atoms with van der Waals surface area (Å²) < 4.78 is 5.15. The van der Waals surface area contributed by atoms with Crippen LogP contribution >= 0.6 is 11.6 Å². The number of aromatic nitrogens is 1. The summed E-state index contributed by atoms with van der Waals surface area (Å²) in [5, 5.41) is 12.3. The van der Waals surface area contributed by atoms with Crippen LogP contribution in [0.25, 0.3) is 0 Å². The van der Waals surface area contributed by atoms with Gasteiger partial charge in [-0.15, -0.1) is 0 Å². The van der Waals surface area contributed by atoms with Crippen LogP contribution in [0.2, 0.25) is 5.15 Å². The third-order valence-corrected chi connectivity index (χ3v) is 2.81. The maximum Gasteiger partial charge on any atom is 0.133 e. The Kier molecular flexibility index (Phi) is 3.88. The summed E-state index contributed by atoms with van der Waals surface area (Å²) in [5.41, 5.74) is 2.37. The molecule has 0 saturated heterocycles. The molecule has 1 heterocycles. The van der Waals surface area contributed by atoms with Crippen LogP contribution in [-0.4, -0.2) is 12.1 Å². The van der Waals surface area contributed by atoms with E-state index >= 15 is 0 Å². The predicted molar refractivity (Wildman–Crippen MR) is 75.0 cm³/mol. The van der Waals surface area contributed by atoms with E-state index < -0.39 is 0 Å². The first kappa shape index (κ1) is 13.2. The van der Waals surface area contributed by atoms with Crippen LogP contribution in [-0.2, 0) is 0 Å². The van der Waals surface area contributed by atoms with Crippen molar-refractivity contribution in [3.8, 4) is 11.8 Å². The molecule has 0 fully saturated rings. The molecule has 0 unspecified atom stereocenters. The maximum absolute atomic E-state index is 8.89. The SMILES string of the molecule is COc1ccc(Nc2cc(C#N)cc(Cl)n2)c(C)c1. The average Bonchev–Trinajstić information content (AvgIpc) is 2.40. The minimum absolute atomic E-state index is 0.285. The number of rotatable bonds is 3. The molecule has 4 nitrogen and oxygen atoms in total. The highest BCUT2D eigenvalue weighted by molar-refractivity contribution is 6.29. The Morgan fingerprint density at radius 2 is 2.11 bits per heavy atom. The number of hydrogen-bond donors (Lipinski definition) is 1. The minimum Gasteiger partial charge on any atom is -0.497 e. The molecule has 0 radical (unpaired) electrons. The third kappa shape index (κ3) is 3.15. The first-order chi connectivity index (χ1) is 9.12. The number of nitrogens with one attached hydrogen (secondary N) is 1. The van der Waals surface area contributed by atoms with Crippen LogP contribution in [0.5, 0.6) is 5.75 Å². The molecule has 2 rings (SSSR count). The van der Waals surface area contributed by atoms with E-state index in [2.05, 4.69) is 10.3 Å². The molecule has 0 saturated carbocycles. The zero-order chi connectivity index (χ0) is 13.8. The molecule has 0 atom stereocenters.